The molecular weight excluding hydrogens is 256 g/mol. The molecule has 0 saturated heterocycles. The molecule has 1 rings (SSSR count). The van der Waals surface area contributed by atoms with Gasteiger partial charge in [0.05, 0.1) is 11.6 Å². The number of rotatable bonds is 6. The largest absolute Gasteiger partial charge is 0.307 e. The topological polar surface area (TPSA) is 65.5 Å². The molecule has 6 nitrogen and oxygen atoms in total. The molecule has 0 aromatic carbocycles. The number of pyridine rings is 1. The number of nitrogens with zero attached hydrogens (tertiary/aromatic N) is 3. The van der Waals surface area contributed by atoms with Crippen LogP contribution in [0.3, 0.4) is 0 Å². The third-order valence-corrected chi connectivity index (χ3v) is 2.90. The SMILES string of the molecule is CNN(C(=O)c1cccnc1C(C)=O)C(C)CN(C)C. The highest BCUT2D eigenvalue weighted by atomic mass is 16.2. The zero-order valence-electron chi connectivity index (χ0n) is 12.7. The number of hydrazine groups is 1. The summed E-state index contributed by atoms with van der Waals surface area (Å²) in [5, 5.41) is 1.52. The van der Waals surface area contributed by atoms with Crippen molar-refractivity contribution in [1.82, 2.24) is 20.3 Å². The van der Waals surface area contributed by atoms with Crippen LogP contribution >= 0.6 is 0 Å². The first-order valence-corrected chi connectivity index (χ1v) is 6.50. The average molecular weight is 278 g/mol. The lowest BCUT2D eigenvalue weighted by molar-refractivity contribution is 0.0556. The smallest absolute Gasteiger partial charge is 0.270 e. The van der Waals surface area contributed by atoms with E-state index in [0.717, 1.165) is 0 Å². The number of hydrogen-bond acceptors (Lipinski definition) is 5. The van der Waals surface area contributed by atoms with Crippen LogP contribution in [0.4, 0.5) is 0 Å². The van der Waals surface area contributed by atoms with E-state index >= 15 is 0 Å². The minimum absolute atomic E-state index is 0.0393. The van der Waals surface area contributed by atoms with Gasteiger partial charge in [0.15, 0.2) is 5.78 Å². The third kappa shape index (κ3) is 3.85. The summed E-state index contributed by atoms with van der Waals surface area (Å²) in [5.41, 5.74) is 3.41. The maximum Gasteiger partial charge on any atom is 0.270 e. The zero-order chi connectivity index (χ0) is 15.3. The number of hydrogen-bond donors (Lipinski definition) is 1. The van der Waals surface area contributed by atoms with Gasteiger partial charge in [0, 0.05) is 26.7 Å². The highest BCUT2D eigenvalue weighted by Crippen LogP contribution is 2.11. The molecule has 1 atom stereocenters. The molecule has 0 fully saturated rings. The van der Waals surface area contributed by atoms with Gasteiger partial charge in [-0.2, -0.15) is 0 Å². The number of likely N-dealkylation sites (N-methyl/N-ethyl adjacent to an activating group) is 1. The number of nitrogens with one attached hydrogen (secondary N) is 1. The first kappa shape index (κ1) is 16.3. The van der Waals surface area contributed by atoms with E-state index in [1.165, 1.54) is 18.1 Å². The molecule has 0 bridgehead atoms. The van der Waals surface area contributed by atoms with Crippen molar-refractivity contribution in [2.75, 3.05) is 27.7 Å². The van der Waals surface area contributed by atoms with E-state index in [4.69, 9.17) is 0 Å². The molecule has 0 aliphatic carbocycles. The van der Waals surface area contributed by atoms with E-state index in [1.807, 2.05) is 25.9 Å². The minimum atomic E-state index is -0.250. The fraction of sp³-hybridized carbons (Fsp3) is 0.500. The van der Waals surface area contributed by atoms with Crippen molar-refractivity contribution < 1.29 is 9.59 Å². The number of ketones is 1. The maximum atomic E-state index is 12.6. The number of carbonyl (C=O) groups is 2. The molecule has 1 aromatic rings. The highest BCUT2D eigenvalue weighted by molar-refractivity contribution is 6.05. The second kappa shape index (κ2) is 7.12. The van der Waals surface area contributed by atoms with Crippen LogP contribution in [0.25, 0.3) is 0 Å². The normalized spacial score (nSPS) is 12.3. The second-order valence-electron chi connectivity index (χ2n) is 4.97. The molecule has 110 valence electrons. The maximum absolute atomic E-state index is 12.6. The third-order valence-electron chi connectivity index (χ3n) is 2.90. The van der Waals surface area contributed by atoms with E-state index in [-0.39, 0.29) is 23.4 Å². The molecule has 0 saturated carbocycles. The molecule has 1 aromatic heterocycles. The van der Waals surface area contributed by atoms with E-state index in [9.17, 15) is 9.59 Å². The van der Waals surface area contributed by atoms with Gasteiger partial charge in [-0.3, -0.25) is 19.6 Å². The summed E-state index contributed by atoms with van der Waals surface area (Å²) >= 11 is 0. The summed E-state index contributed by atoms with van der Waals surface area (Å²) in [6, 6.07) is 3.24. The van der Waals surface area contributed by atoms with Crippen molar-refractivity contribution in [2.45, 2.75) is 19.9 Å². The fourth-order valence-electron chi connectivity index (χ4n) is 2.12. The molecule has 0 aliphatic rings. The van der Waals surface area contributed by atoms with E-state index in [1.54, 1.807) is 19.2 Å². The van der Waals surface area contributed by atoms with Crippen LogP contribution in [0.15, 0.2) is 18.3 Å². The molecule has 0 spiro atoms. The van der Waals surface area contributed by atoms with Crippen LogP contribution in [0.1, 0.15) is 34.7 Å². The van der Waals surface area contributed by atoms with Crippen molar-refractivity contribution in [2.24, 2.45) is 0 Å². The number of aromatic nitrogens is 1. The monoisotopic (exact) mass is 278 g/mol. The Morgan fingerprint density at radius 2 is 2.05 bits per heavy atom. The van der Waals surface area contributed by atoms with Crippen LogP contribution in [-0.2, 0) is 0 Å². The summed E-state index contributed by atoms with van der Waals surface area (Å²) in [5.74, 6) is -0.467. The van der Waals surface area contributed by atoms with Crippen molar-refractivity contribution in [3.05, 3.63) is 29.6 Å². The number of Topliss-reactive ketones (excluding diaryl/α,β-unsaturated/α-hetero) is 1. The Morgan fingerprint density at radius 3 is 2.55 bits per heavy atom. The van der Waals surface area contributed by atoms with Crippen LogP contribution in [-0.4, -0.2) is 60.3 Å². The van der Waals surface area contributed by atoms with Crippen LogP contribution in [0.2, 0.25) is 0 Å². The summed E-state index contributed by atoms with van der Waals surface area (Å²) < 4.78 is 0. The summed E-state index contributed by atoms with van der Waals surface area (Å²) in [4.78, 5) is 30.1. The molecule has 1 unspecified atom stereocenters. The Morgan fingerprint density at radius 1 is 1.40 bits per heavy atom. The Balaban J connectivity index is 3.06. The number of amides is 1. The summed E-state index contributed by atoms with van der Waals surface area (Å²) in [7, 11) is 5.58. The Bertz CT molecular complexity index is 488. The van der Waals surface area contributed by atoms with Crippen LogP contribution in [0.5, 0.6) is 0 Å². The minimum Gasteiger partial charge on any atom is -0.307 e. The predicted octanol–water partition coefficient (Wildman–Crippen LogP) is 0.811. The average Bonchev–Trinajstić information content (AvgIpc) is 2.38. The molecule has 1 N–H and O–H groups in total. The van der Waals surface area contributed by atoms with Gasteiger partial charge in [-0.05, 0) is 33.2 Å². The van der Waals surface area contributed by atoms with Gasteiger partial charge >= 0.3 is 0 Å². The van der Waals surface area contributed by atoms with Crippen molar-refractivity contribution in [3.8, 4) is 0 Å². The van der Waals surface area contributed by atoms with E-state index < -0.39 is 0 Å². The lowest BCUT2D eigenvalue weighted by Gasteiger charge is -2.30. The Hall–Kier alpha value is -1.79. The zero-order valence-corrected chi connectivity index (χ0v) is 12.7. The van der Waals surface area contributed by atoms with E-state index in [0.29, 0.717) is 12.1 Å². The molecule has 0 aliphatic heterocycles. The van der Waals surface area contributed by atoms with Crippen LogP contribution in [0, 0.1) is 0 Å². The van der Waals surface area contributed by atoms with Crippen molar-refractivity contribution in [1.29, 1.82) is 0 Å². The first-order valence-electron chi connectivity index (χ1n) is 6.50. The Labute approximate surface area is 119 Å². The summed E-state index contributed by atoms with van der Waals surface area (Å²) in [6.07, 6.45) is 1.51. The van der Waals surface area contributed by atoms with Gasteiger partial charge in [0.2, 0.25) is 0 Å². The van der Waals surface area contributed by atoms with Crippen LogP contribution < -0.4 is 5.43 Å². The van der Waals surface area contributed by atoms with Gasteiger partial charge in [0.25, 0.3) is 5.91 Å². The van der Waals surface area contributed by atoms with Gasteiger partial charge < -0.3 is 4.90 Å². The molecule has 1 heterocycles. The standard InChI is InChI=1S/C14H22N4O2/c1-10(9-17(4)5)18(15-3)14(20)12-7-6-8-16-13(12)11(2)19/h6-8,10,15H,9H2,1-5H3. The first-order chi connectivity index (χ1) is 9.38. The molecule has 1 amide bonds. The second-order valence-corrected chi connectivity index (χ2v) is 4.97. The molecular formula is C14H22N4O2. The Kier molecular flexibility index (Phi) is 5.79. The molecule has 0 radical (unpaired) electrons. The number of carbonyl (C=O) groups excluding carboxylic acids is 2. The lowest BCUT2D eigenvalue weighted by atomic mass is 10.1. The predicted molar refractivity (Wildman–Crippen MR) is 77.5 cm³/mol. The summed E-state index contributed by atoms with van der Waals surface area (Å²) in [6.45, 7) is 4.06. The van der Waals surface area contributed by atoms with Gasteiger partial charge in [-0.15, -0.1) is 0 Å². The fourth-order valence-corrected chi connectivity index (χ4v) is 2.12. The van der Waals surface area contributed by atoms with Gasteiger partial charge in [-0.25, -0.2) is 5.43 Å². The molecule has 6 heteroatoms. The van der Waals surface area contributed by atoms with Gasteiger partial charge in [-0.1, -0.05) is 0 Å². The van der Waals surface area contributed by atoms with Crippen molar-refractivity contribution >= 4 is 11.7 Å². The van der Waals surface area contributed by atoms with Crippen molar-refractivity contribution in [3.63, 3.8) is 0 Å². The van der Waals surface area contributed by atoms with E-state index in [2.05, 4.69) is 10.4 Å². The van der Waals surface area contributed by atoms with Gasteiger partial charge in [0.1, 0.15) is 5.69 Å². The molecule has 20 heavy (non-hydrogen) atoms. The highest BCUT2D eigenvalue weighted by Gasteiger charge is 2.24. The lowest BCUT2D eigenvalue weighted by Crippen LogP contribution is -2.50. The quantitative estimate of drug-likeness (QED) is 0.616.